The fraction of sp³-hybridized carbons (Fsp3) is 0.348. The Balaban J connectivity index is 1.57. The summed E-state index contributed by atoms with van der Waals surface area (Å²) in [5.41, 5.74) is 5.56. The highest BCUT2D eigenvalue weighted by atomic mass is 28.4. The number of ketones is 1. The van der Waals surface area contributed by atoms with Crippen molar-refractivity contribution in [3.8, 4) is 16.9 Å². The summed E-state index contributed by atoms with van der Waals surface area (Å²) in [7, 11) is 0.213. The van der Waals surface area contributed by atoms with E-state index in [-0.39, 0.29) is 12.4 Å². The lowest BCUT2D eigenvalue weighted by Gasteiger charge is -2.26. The smallest absolute Gasteiger partial charge is 0.493 e. The summed E-state index contributed by atoms with van der Waals surface area (Å²) < 4.78 is 22.9. The zero-order chi connectivity index (χ0) is 20.9. The van der Waals surface area contributed by atoms with Crippen LogP contribution >= 0.6 is 0 Å². The Morgan fingerprint density at radius 3 is 2.52 bits per heavy atom. The van der Waals surface area contributed by atoms with Crippen LogP contribution in [0.1, 0.15) is 24.5 Å². The minimum Gasteiger partial charge on any atom is -0.493 e. The molecule has 0 fully saturated rings. The third-order valence-electron chi connectivity index (χ3n) is 5.21. The fourth-order valence-electron chi connectivity index (χ4n) is 3.51. The molecule has 0 aromatic heterocycles. The Bertz CT molecular complexity index is 889. The zero-order valence-corrected chi connectivity index (χ0v) is 18.3. The molecular formula is C23H28O5Si. The molecule has 0 bridgehead atoms. The Morgan fingerprint density at radius 1 is 1.07 bits per heavy atom. The molecule has 6 heteroatoms. The van der Waals surface area contributed by atoms with Crippen molar-refractivity contribution in [2.45, 2.75) is 25.8 Å². The van der Waals surface area contributed by atoms with Gasteiger partial charge in [0, 0.05) is 32.2 Å². The summed E-state index contributed by atoms with van der Waals surface area (Å²) in [6, 6.07) is 15.2. The van der Waals surface area contributed by atoms with Gasteiger partial charge in [-0.1, -0.05) is 43.0 Å². The van der Waals surface area contributed by atoms with Gasteiger partial charge in [-0.15, -0.1) is 0 Å². The maximum atomic E-state index is 11.8. The van der Waals surface area contributed by atoms with E-state index in [0.717, 1.165) is 12.2 Å². The second kappa shape index (κ2) is 9.50. The van der Waals surface area contributed by atoms with Crippen LogP contribution in [0.3, 0.4) is 0 Å². The topological polar surface area (TPSA) is 54.0 Å². The molecule has 1 aliphatic carbocycles. The molecule has 0 atom stereocenters. The molecule has 0 spiro atoms. The molecule has 2 aromatic carbocycles. The van der Waals surface area contributed by atoms with E-state index in [9.17, 15) is 4.79 Å². The molecule has 2 aromatic rings. The first-order chi connectivity index (χ1) is 14.0. The molecular weight excluding hydrogens is 384 g/mol. The van der Waals surface area contributed by atoms with Gasteiger partial charge in [0.05, 0.1) is 6.61 Å². The van der Waals surface area contributed by atoms with Gasteiger partial charge in [-0.25, -0.2) is 0 Å². The fourth-order valence-corrected chi connectivity index (χ4v) is 5.39. The summed E-state index contributed by atoms with van der Waals surface area (Å²) >= 11 is 0. The predicted molar refractivity (Wildman–Crippen MR) is 115 cm³/mol. The highest BCUT2D eigenvalue weighted by molar-refractivity contribution is 6.60. The van der Waals surface area contributed by atoms with E-state index in [2.05, 4.69) is 36.9 Å². The lowest BCUT2D eigenvalue weighted by atomic mass is 10.1. The van der Waals surface area contributed by atoms with Gasteiger partial charge >= 0.3 is 8.80 Å². The van der Waals surface area contributed by atoms with Crippen molar-refractivity contribution in [2.24, 2.45) is 0 Å². The van der Waals surface area contributed by atoms with Crippen molar-refractivity contribution < 1.29 is 22.8 Å². The van der Waals surface area contributed by atoms with Crippen LogP contribution in [0.5, 0.6) is 5.75 Å². The number of carbonyl (C=O) groups excluding carboxylic acids is 1. The molecule has 29 heavy (non-hydrogen) atoms. The van der Waals surface area contributed by atoms with Gasteiger partial charge in [0.1, 0.15) is 12.4 Å². The van der Waals surface area contributed by atoms with Gasteiger partial charge in [0.2, 0.25) is 0 Å². The van der Waals surface area contributed by atoms with E-state index in [1.807, 2.05) is 12.1 Å². The molecule has 1 aliphatic rings. The number of rotatable bonds is 11. The van der Waals surface area contributed by atoms with E-state index < -0.39 is 8.80 Å². The number of carbonyl (C=O) groups is 1. The van der Waals surface area contributed by atoms with Crippen molar-refractivity contribution in [3.63, 3.8) is 0 Å². The van der Waals surface area contributed by atoms with Gasteiger partial charge in [-0.05, 0) is 41.7 Å². The molecule has 0 aliphatic heterocycles. The lowest BCUT2D eigenvalue weighted by molar-refractivity contribution is -0.118. The number of Topliss-reactive ketones (excluding diaryl/α,β-unsaturated/α-hetero) is 1. The monoisotopic (exact) mass is 412 g/mol. The SMILES string of the molecule is C=C(C)C(=O)CO[Si](CCCOc1cccc2c1Cc1ccccc1-2)(OC)OC. The summed E-state index contributed by atoms with van der Waals surface area (Å²) in [6.07, 6.45) is 1.59. The quantitative estimate of drug-likeness (QED) is 0.265. The summed E-state index contributed by atoms with van der Waals surface area (Å²) in [5, 5.41) is 0. The third kappa shape index (κ3) is 4.84. The summed E-state index contributed by atoms with van der Waals surface area (Å²) in [5.74, 6) is 0.769. The molecule has 154 valence electrons. The van der Waals surface area contributed by atoms with E-state index in [1.54, 1.807) is 21.1 Å². The highest BCUT2D eigenvalue weighted by Crippen LogP contribution is 2.41. The van der Waals surface area contributed by atoms with Crippen LogP contribution in [0.15, 0.2) is 54.6 Å². The van der Waals surface area contributed by atoms with Gasteiger partial charge in [0.25, 0.3) is 0 Å². The van der Waals surface area contributed by atoms with E-state index in [0.29, 0.717) is 24.6 Å². The standard InChI is InChI=1S/C23H28O5Si/c1-17(2)22(24)16-28-29(25-3,26-4)14-8-13-27-23-12-7-11-20-19-10-6-5-9-18(19)15-21(20)23/h5-7,9-12H,1,8,13-16H2,2-4H3. The molecule has 0 heterocycles. The molecule has 5 nitrogen and oxygen atoms in total. The Kier molecular flexibility index (Phi) is 7.03. The maximum Gasteiger partial charge on any atom is 0.500 e. The number of fused-ring (bicyclic) bond motifs is 3. The molecule has 0 radical (unpaired) electrons. The van der Waals surface area contributed by atoms with Gasteiger partial charge in [0.15, 0.2) is 5.78 Å². The average Bonchev–Trinajstić information content (AvgIpc) is 3.13. The zero-order valence-electron chi connectivity index (χ0n) is 17.3. The molecule has 0 N–H and O–H groups in total. The minimum atomic E-state index is -2.90. The second-order valence-electron chi connectivity index (χ2n) is 7.15. The normalized spacial score (nSPS) is 12.4. The van der Waals surface area contributed by atoms with E-state index >= 15 is 0 Å². The van der Waals surface area contributed by atoms with Crippen molar-refractivity contribution in [2.75, 3.05) is 27.4 Å². The molecule has 0 saturated heterocycles. The summed E-state index contributed by atoms with van der Waals surface area (Å²) in [4.78, 5) is 11.8. The van der Waals surface area contributed by atoms with Gasteiger partial charge in [-0.3, -0.25) is 4.79 Å². The van der Waals surface area contributed by atoms with Crippen LogP contribution in [0.25, 0.3) is 11.1 Å². The highest BCUT2D eigenvalue weighted by Gasteiger charge is 2.39. The summed E-state index contributed by atoms with van der Waals surface area (Å²) in [6.45, 7) is 5.75. The molecule has 3 rings (SSSR count). The van der Waals surface area contributed by atoms with Gasteiger partial charge < -0.3 is 18.0 Å². The minimum absolute atomic E-state index is 0.0749. The molecule has 0 amide bonds. The first kappa shape index (κ1) is 21.5. The van der Waals surface area contributed by atoms with Crippen LogP contribution in [0.2, 0.25) is 6.04 Å². The van der Waals surface area contributed by atoms with Crippen molar-refractivity contribution >= 4 is 14.6 Å². The van der Waals surface area contributed by atoms with Gasteiger partial charge in [-0.2, -0.15) is 0 Å². The maximum absolute atomic E-state index is 11.8. The number of benzene rings is 2. The Morgan fingerprint density at radius 2 is 1.79 bits per heavy atom. The van der Waals surface area contributed by atoms with Crippen molar-refractivity contribution in [1.29, 1.82) is 0 Å². The van der Waals surface area contributed by atoms with Crippen LogP contribution in [0, 0.1) is 0 Å². The van der Waals surface area contributed by atoms with Crippen molar-refractivity contribution in [1.82, 2.24) is 0 Å². The van der Waals surface area contributed by atoms with Crippen LogP contribution < -0.4 is 4.74 Å². The average molecular weight is 413 g/mol. The predicted octanol–water partition coefficient (Wildman–Crippen LogP) is 4.42. The second-order valence-corrected chi connectivity index (χ2v) is 10.1. The Labute approximate surface area is 173 Å². The van der Waals surface area contributed by atoms with E-state index in [4.69, 9.17) is 18.0 Å². The molecule has 0 saturated carbocycles. The van der Waals surface area contributed by atoms with E-state index in [1.165, 1.54) is 22.3 Å². The lowest BCUT2D eigenvalue weighted by Crippen LogP contribution is -2.45. The van der Waals surface area contributed by atoms with Crippen LogP contribution in [-0.2, 0) is 24.5 Å². The third-order valence-corrected chi connectivity index (χ3v) is 8.01. The van der Waals surface area contributed by atoms with Crippen LogP contribution in [-0.4, -0.2) is 42.0 Å². The number of hydrogen-bond donors (Lipinski definition) is 0. The first-order valence-corrected chi connectivity index (χ1v) is 11.7. The Hall–Kier alpha value is -2.25. The van der Waals surface area contributed by atoms with Crippen molar-refractivity contribution in [3.05, 3.63) is 65.7 Å². The number of hydrogen-bond acceptors (Lipinski definition) is 5. The number of ether oxygens (including phenoxy) is 1. The largest absolute Gasteiger partial charge is 0.500 e. The first-order valence-electron chi connectivity index (χ1n) is 9.75. The van der Waals surface area contributed by atoms with Crippen LogP contribution in [0.4, 0.5) is 0 Å². The molecule has 0 unspecified atom stereocenters.